The molecule has 1 aromatic rings. The molecule has 2 amide bonds. The molecule has 1 atom stereocenters. The van der Waals surface area contributed by atoms with Gasteiger partial charge in [0.1, 0.15) is 0 Å². The van der Waals surface area contributed by atoms with Crippen LogP contribution in [0.1, 0.15) is 17.3 Å². The van der Waals surface area contributed by atoms with Crippen LogP contribution in [0.4, 0.5) is 0 Å². The van der Waals surface area contributed by atoms with Gasteiger partial charge < -0.3 is 0 Å². The van der Waals surface area contributed by atoms with Crippen molar-refractivity contribution in [3.05, 3.63) is 30.1 Å². The fourth-order valence-electron chi connectivity index (χ4n) is 0.793. The summed E-state index contributed by atoms with van der Waals surface area (Å²) in [4.78, 5) is 25.9. The number of hydrogen-bond donors (Lipinski definition) is 2. The summed E-state index contributed by atoms with van der Waals surface area (Å²) in [6.07, 6.45) is 3.01. The number of carbonyl (C=O) groups is 2. The molecule has 2 N–H and O–H groups in total. The molecule has 5 nitrogen and oxygen atoms in total. The third-order valence-electron chi connectivity index (χ3n) is 1.60. The minimum absolute atomic E-state index is 0.308. The third kappa shape index (κ3) is 3.67. The summed E-state index contributed by atoms with van der Waals surface area (Å²) < 4.78 is 0. The minimum Gasteiger partial charge on any atom is -0.272 e. The SMILES string of the molecule is CC(Br)C(=O)NNC(=O)c1ccncc1. The van der Waals surface area contributed by atoms with Crippen molar-refractivity contribution in [1.82, 2.24) is 15.8 Å². The van der Waals surface area contributed by atoms with Gasteiger partial charge in [-0.15, -0.1) is 0 Å². The lowest BCUT2D eigenvalue weighted by Crippen LogP contribution is -2.44. The Morgan fingerprint density at radius 3 is 2.47 bits per heavy atom. The van der Waals surface area contributed by atoms with Gasteiger partial charge in [0, 0.05) is 18.0 Å². The van der Waals surface area contributed by atoms with E-state index in [4.69, 9.17) is 0 Å². The molecule has 80 valence electrons. The quantitative estimate of drug-likeness (QED) is 0.612. The predicted molar refractivity (Wildman–Crippen MR) is 58.2 cm³/mol. The van der Waals surface area contributed by atoms with Crippen molar-refractivity contribution >= 4 is 27.7 Å². The largest absolute Gasteiger partial charge is 0.272 e. The van der Waals surface area contributed by atoms with E-state index in [1.165, 1.54) is 12.4 Å². The zero-order chi connectivity index (χ0) is 11.3. The van der Waals surface area contributed by atoms with Crippen molar-refractivity contribution in [3.63, 3.8) is 0 Å². The third-order valence-corrected chi connectivity index (χ3v) is 2.02. The van der Waals surface area contributed by atoms with E-state index in [9.17, 15) is 9.59 Å². The Labute approximate surface area is 95.4 Å². The standard InChI is InChI=1S/C9H10BrN3O2/c1-6(10)8(14)12-13-9(15)7-2-4-11-5-3-7/h2-6H,1H3,(H,12,14)(H,13,15). The fourth-order valence-corrected chi connectivity index (χ4v) is 0.908. The molecule has 0 spiro atoms. The first kappa shape index (κ1) is 11.6. The molecule has 0 aromatic carbocycles. The number of amides is 2. The maximum absolute atomic E-state index is 11.4. The number of nitrogens with one attached hydrogen (secondary N) is 2. The second-order valence-corrected chi connectivity index (χ2v) is 4.17. The smallest absolute Gasteiger partial charge is 0.269 e. The van der Waals surface area contributed by atoms with E-state index in [0.717, 1.165) is 0 Å². The Bertz CT molecular complexity index is 354. The topological polar surface area (TPSA) is 71.1 Å². The van der Waals surface area contributed by atoms with Crippen molar-refractivity contribution in [2.75, 3.05) is 0 Å². The van der Waals surface area contributed by atoms with Crippen molar-refractivity contribution in [3.8, 4) is 0 Å². The number of aromatic nitrogens is 1. The molecule has 0 aliphatic heterocycles. The Morgan fingerprint density at radius 2 is 1.93 bits per heavy atom. The summed E-state index contributed by atoms with van der Waals surface area (Å²) in [5, 5.41) is 0. The Morgan fingerprint density at radius 1 is 1.33 bits per heavy atom. The molecular formula is C9H10BrN3O2. The van der Waals surface area contributed by atoms with Gasteiger partial charge in [-0.25, -0.2) is 0 Å². The monoisotopic (exact) mass is 271 g/mol. The van der Waals surface area contributed by atoms with E-state index >= 15 is 0 Å². The van der Waals surface area contributed by atoms with Gasteiger partial charge in [0.15, 0.2) is 0 Å². The zero-order valence-electron chi connectivity index (χ0n) is 8.03. The minimum atomic E-state index is -0.376. The zero-order valence-corrected chi connectivity index (χ0v) is 9.61. The van der Waals surface area contributed by atoms with E-state index in [1.54, 1.807) is 19.1 Å². The van der Waals surface area contributed by atoms with E-state index in [-0.39, 0.29) is 16.6 Å². The summed E-state index contributed by atoms with van der Waals surface area (Å²) in [5.74, 6) is -0.684. The van der Waals surface area contributed by atoms with Gasteiger partial charge in [-0.2, -0.15) is 0 Å². The number of carbonyl (C=O) groups excluding carboxylic acids is 2. The molecule has 0 aliphatic carbocycles. The molecule has 6 heteroatoms. The second kappa shape index (κ2) is 5.45. The highest BCUT2D eigenvalue weighted by Gasteiger charge is 2.10. The van der Waals surface area contributed by atoms with Crippen molar-refractivity contribution in [1.29, 1.82) is 0 Å². The van der Waals surface area contributed by atoms with Crippen LogP contribution in [0.3, 0.4) is 0 Å². The van der Waals surface area contributed by atoms with Crippen molar-refractivity contribution < 1.29 is 9.59 Å². The van der Waals surface area contributed by atoms with Gasteiger partial charge in [-0.1, -0.05) is 15.9 Å². The lowest BCUT2D eigenvalue weighted by atomic mass is 10.3. The van der Waals surface area contributed by atoms with Crippen LogP contribution in [-0.2, 0) is 4.79 Å². The Kier molecular flexibility index (Phi) is 4.23. The van der Waals surface area contributed by atoms with Gasteiger partial charge in [0.2, 0.25) is 0 Å². The molecule has 1 heterocycles. The molecule has 0 bridgehead atoms. The second-order valence-electron chi connectivity index (χ2n) is 2.80. The molecule has 1 aromatic heterocycles. The summed E-state index contributed by atoms with van der Waals surface area (Å²) in [6.45, 7) is 1.66. The average Bonchev–Trinajstić information content (AvgIpc) is 2.26. The molecule has 15 heavy (non-hydrogen) atoms. The lowest BCUT2D eigenvalue weighted by Gasteiger charge is -2.07. The number of nitrogens with zero attached hydrogens (tertiary/aromatic N) is 1. The van der Waals surface area contributed by atoms with Gasteiger partial charge in [-0.05, 0) is 19.1 Å². The Hall–Kier alpha value is -1.43. The number of alkyl halides is 1. The molecule has 1 unspecified atom stereocenters. The van der Waals surface area contributed by atoms with Crippen molar-refractivity contribution in [2.24, 2.45) is 0 Å². The normalized spacial score (nSPS) is 11.6. The summed E-state index contributed by atoms with van der Waals surface area (Å²) in [7, 11) is 0. The van der Waals surface area contributed by atoms with Crippen LogP contribution in [0.15, 0.2) is 24.5 Å². The van der Waals surface area contributed by atoms with Crippen LogP contribution in [0.2, 0.25) is 0 Å². The van der Waals surface area contributed by atoms with E-state index in [2.05, 4.69) is 31.8 Å². The summed E-state index contributed by atoms with van der Waals surface area (Å²) in [5.41, 5.74) is 5.00. The highest BCUT2D eigenvalue weighted by Crippen LogP contribution is 1.96. The molecule has 0 fully saturated rings. The molecule has 0 saturated carbocycles. The van der Waals surface area contributed by atoms with Crippen LogP contribution in [0.25, 0.3) is 0 Å². The summed E-state index contributed by atoms with van der Waals surface area (Å²) in [6, 6.07) is 3.11. The van der Waals surface area contributed by atoms with Crippen LogP contribution in [0.5, 0.6) is 0 Å². The van der Waals surface area contributed by atoms with Crippen LogP contribution < -0.4 is 10.9 Å². The van der Waals surface area contributed by atoms with Crippen molar-refractivity contribution in [2.45, 2.75) is 11.8 Å². The summed E-state index contributed by atoms with van der Waals surface area (Å²) >= 11 is 3.07. The highest BCUT2D eigenvalue weighted by molar-refractivity contribution is 9.10. The molecule has 0 saturated heterocycles. The molecule has 0 radical (unpaired) electrons. The number of rotatable bonds is 2. The first-order valence-electron chi connectivity index (χ1n) is 4.25. The van der Waals surface area contributed by atoms with Crippen LogP contribution in [-0.4, -0.2) is 21.6 Å². The molecule has 0 aliphatic rings. The maximum atomic E-state index is 11.4. The molecule has 1 rings (SSSR count). The van der Waals surface area contributed by atoms with E-state index < -0.39 is 0 Å². The number of hydrazine groups is 1. The number of pyridine rings is 1. The van der Waals surface area contributed by atoms with Gasteiger partial charge in [0.05, 0.1) is 4.83 Å². The fraction of sp³-hybridized carbons (Fsp3) is 0.222. The van der Waals surface area contributed by atoms with Crippen LogP contribution in [0, 0.1) is 0 Å². The maximum Gasteiger partial charge on any atom is 0.269 e. The first-order valence-corrected chi connectivity index (χ1v) is 5.17. The van der Waals surface area contributed by atoms with Gasteiger partial charge in [0.25, 0.3) is 11.8 Å². The van der Waals surface area contributed by atoms with Crippen LogP contribution >= 0.6 is 15.9 Å². The number of hydrogen-bond acceptors (Lipinski definition) is 3. The first-order chi connectivity index (χ1) is 7.11. The predicted octanol–water partition coefficient (Wildman–Crippen LogP) is 0.626. The van der Waals surface area contributed by atoms with E-state index in [0.29, 0.717) is 5.56 Å². The Balaban J connectivity index is 2.48. The lowest BCUT2D eigenvalue weighted by molar-refractivity contribution is -0.120. The molecular weight excluding hydrogens is 262 g/mol. The average molecular weight is 272 g/mol. The van der Waals surface area contributed by atoms with Gasteiger partial charge in [-0.3, -0.25) is 25.4 Å². The number of halogens is 1. The van der Waals surface area contributed by atoms with E-state index in [1.807, 2.05) is 0 Å². The van der Waals surface area contributed by atoms with Gasteiger partial charge >= 0.3 is 0 Å². The highest BCUT2D eigenvalue weighted by atomic mass is 79.9.